The van der Waals surface area contributed by atoms with Crippen LogP contribution in [0.1, 0.15) is 31.8 Å². The number of methoxy groups -OCH3 is 2. The topological polar surface area (TPSA) is 139 Å². The molecule has 0 aliphatic rings. The molecule has 0 atom stereocenters. The molecule has 3 aromatic rings. The van der Waals surface area contributed by atoms with Crippen LogP contribution in [0, 0.1) is 22.7 Å². The summed E-state index contributed by atoms with van der Waals surface area (Å²) < 4.78 is 9.44. The first-order chi connectivity index (χ1) is 15.4. The summed E-state index contributed by atoms with van der Waals surface area (Å²) in [6, 6.07) is 17.0. The Bertz CT molecular complexity index is 1290. The summed E-state index contributed by atoms with van der Waals surface area (Å²) in [5.74, 6) is -1.04. The number of nitrogens with zero attached hydrogens (tertiary/aromatic N) is 3. The molecule has 8 nitrogen and oxygen atoms in total. The van der Waals surface area contributed by atoms with Gasteiger partial charge in [-0.25, -0.2) is 14.6 Å². The van der Waals surface area contributed by atoms with Crippen molar-refractivity contribution in [2.75, 3.05) is 20.0 Å². The Labute approximate surface area is 188 Å². The maximum Gasteiger partial charge on any atom is 0.337 e. The normalized spacial score (nSPS) is 10.0. The predicted octanol–water partition coefficient (Wildman–Crippen LogP) is 3.80. The van der Waals surface area contributed by atoms with E-state index in [2.05, 4.69) is 11.1 Å². The van der Waals surface area contributed by atoms with Gasteiger partial charge in [-0.2, -0.15) is 10.5 Å². The molecule has 0 fully saturated rings. The molecule has 0 radical (unpaired) electrons. The molecule has 0 saturated heterocycles. The largest absolute Gasteiger partial charge is 0.465 e. The van der Waals surface area contributed by atoms with Crippen molar-refractivity contribution in [3.8, 4) is 23.3 Å². The summed E-state index contributed by atoms with van der Waals surface area (Å²) in [4.78, 5) is 28.4. The fraction of sp³-hybridized carbons (Fsp3) is 0.0870. The second kappa shape index (κ2) is 9.65. The van der Waals surface area contributed by atoms with Gasteiger partial charge in [-0.1, -0.05) is 30.0 Å². The Morgan fingerprint density at radius 3 is 2.16 bits per heavy atom. The minimum atomic E-state index is -0.506. The molecule has 0 saturated carbocycles. The third-order valence-corrected chi connectivity index (χ3v) is 5.46. The van der Waals surface area contributed by atoms with Gasteiger partial charge in [-0.3, -0.25) is 0 Å². The Hall–Kier alpha value is -4.34. The second-order valence-electron chi connectivity index (χ2n) is 6.34. The van der Waals surface area contributed by atoms with Crippen molar-refractivity contribution in [3.05, 3.63) is 70.8 Å². The van der Waals surface area contributed by atoms with E-state index in [1.165, 1.54) is 26.4 Å². The smallest absolute Gasteiger partial charge is 0.337 e. The highest BCUT2D eigenvalue weighted by Gasteiger charge is 2.21. The maximum atomic E-state index is 11.8. The van der Waals surface area contributed by atoms with Crippen LogP contribution in [0.25, 0.3) is 11.1 Å². The summed E-state index contributed by atoms with van der Waals surface area (Å²) in [7, 11) is 2.57. The summed E-state index contributed by atoms with van der Waals surface area (Å²) in [6.07, 6.45) is 0. The lowest BCUT2D eigenvalue weighted by Gasteiger charge is -2.13. The van der Waals surface area contributed by atoms with E-state index < -0.39 is 11.9 Å². The van der Waals surface area contributed by atoms with Crippen LogP contribution in [-0.2, 0) is 9.47 Å². The minimum absolute atomic E-state index is 0.0369. The van der Waals surface area contributed by atoms with Gasteiger partial charge in [-0.15, -0.1) is 0 Å². The molecule has 0 bridgehead atoms. The number of nitriles is 2. The fourth-order valence-corrected chi connectivity index (χ4v) is 3.92. The first kappa shape index (κ1) is 22.3. The van der Waals surface area contributed by atoms with Crippen molar-refractivity contribution in [3.63, 3.8) is 0 Å². The third-order valence-electron chi connectivity index (χ3n) is 4.48. The highest BCUT2D eigenvalue weighted by atomic mass is 32.2. The number of ether oxygens (including phenoxy) is 2. The number of anilines is 1. The number of hydrogen-bond acceptors (Lipinski definition) is 9. The van der Waals surface area contributed by atoms with Gasteiger partial charge >= 0.3 is 11.9 Å². The van der Waals surface area contributed by atoms with Crippen molar-refractivity contribution < 1.29 is 19.1 Å². The summed E-state index contributed by atoms with van der Waals surface area (Å²) >= 11 is 1.13. The molecule has 1 heterocycles. The van der Waals surface area contributed by atoms with Crippen molar-refractivity contribution in [1.29, 1.82) is 10.5 Å². The third kappa shape index (κ3) is 4.38. The number of benzene rings is 2. The van der Waals surface area contributed by atoms with E-state index in [4.69, 9.17) is 15.2 Å². The number of pyridine rings is 1. The molecule has 9 heteroatoms. The quantitative estimate of drug-likeness (QED) is 0.582. The van der Waals surface area contributed by atoms with E-state index in [1.807, 2.05) is 6.07 Å². The standard InChI is InChI=1S/C23H16N4O4S/c1-30-22(28)14-8-6-13(7-9-14)19-17(11-24)20(26)27-21(18(19)12-25)32-16-5-3-4-15(10-16)23(29)31-2/h3-10H,1-2H3,(H2,26,27). The van der Waals surface area contributed by atoms with Crippen LogP contribution in [0.3, 0.4) is 0 Å². The van der Waals surface area contributed by atoms with Crippen LogP contribution >= 0.6 is 11.8 Å². The van der Waals surface area contributed by atoms with Crippen LogP contribution in [0.15, 0.2) is 58.5 Å². The number of carbonyl (C=O) groups is 2. The average molecular weight is 444 g/mol. The molecule has 158 valence electrons. The lowest BCUT2D eigenvalue weighted by Crippen LogP contribution is -2.04. The molecule has 0 aliphatic carbocycles. The summed E-state index contributed by atoms with van der Waals surface area (Å²) in [5.41, 5.74) is 7.74. The van der Waals surface area contributed by atoms with Crippen molar-refractivity contribution in [2.24, 2.45) is 0 Å². The molecular formula is C23H16N4O4S. The van der Waals surface area contributed by atoms with Gasteiger partial charge < -0.3 is 15.2 Å². The lowest BCUT2D eigenvalue weighted by molar-refractivity contribution is 0.0591. The zero-order chi connectivity index (χ0) is 23.3. The Balaban J connectivity index is 2.14. The van der Waals surface area contributed by atoms with Crippen LogP contribution in [0.5, 0.6) is 0 Å². The van der Waals surface area contributed by atoms with Gasteiger partial charge in [0.1, 0.15) is 28.5 Å². The molecule has 0 aliphatic heterocycles. The van der Waals surface area contributed by atoms with Gasteiger partial charge in [0.2, 0.25) is 0 Å². The van der Waals surface area contributed by atoms with E-state index in [-0.39, 0.29) is 22.0 Å². The highest BCUT2D eigenvalue weighted by molar-refractivity contribution is 7.99. The number of nitrogens with two attached hydrogens (primary N) is 1. The predicted molar refractivity (Wildman–Crippen MR) is 117 cm³/mol. The Morgan fingerprint density at radius 1 is 0.938 bits per heavy atom. The van der Waals surface area contributed by atoms with Crippen LogP contribution in [-0.4, -0.2) is 31.1 Å². The average Bonchev–Trinajstić information content (AvgIpc) is 2.83. The van der Waals surface area contributed by atoms with E-state index in [9.17, 15) is 20.1 Å². The number of hydrogen-bond donors (Lipinski definition) is 1. The van der Waals surface area contributed by atoms with E-state index >= 15 is 0 Å². The van der Waals surface area contributed by atoms with E-state index in [0.29, 0.717) is 27.1 Å². The SMILES string of the molecule is COC(=O)c1ccc(-c2c(C#N)c(N)nc(Sc3cccc(C(=O)OC)c3)c2C#N)cc1. The zero-order valence-electron chi connectivity index (χ0n) is 17.1. The summed E-state index contributed by atoms with van der Waals surface area (Å²) in [5, 5.41) is 19.8. The number of carbonyl (C=O) groups excluding carboxylic acids is 2. The molecule has 0 unspecified atom stereocenters. The highest BCUT2D eigenvalue weighted by Crippen LogP contribution is 2.38. The number of rotatable bonds is 5. The molecule has 2 aromatic carbocycles. The Kier molecular flexibility index (Phi) is 6.74. The molecular weight excluding hydrogens is 428 g/mol. The number of aromatic nitrogens is 1. The molecule has 3 rings (SSSR count). The van der Waals surface area contributed by atoms with Crippen LogP contribution in [0.4, 0.5) is 5.82 Å². The van der Waals surface area contributed by atoms with Crippen molar-refractivity contribution >= 4 is 29.5 Å². The molecule has 1 aromatic heterocycles. The zero-order valence-corrected chi connectivity index (χ0v) is 17.9. The summed E-state index contributed by atoms with van der Waals surface area (Å²) in [6.45, 7) is 0. The first-order valence-electron chi connectivity index (χ1n) is 9.12. The van der Waals surface area contributed by atoms with Crippen LogP contribution < -0.4 is 5.73 Å². The lowest BCUT2D eigenvalue weighted by atomic mass is 9.96. The number of esters is 2. The maximum absolute atomic E-state index is 11.8. The van der Waals surface area contributed by atoms with Crippen molar-refractivity contribution in [2.45, 2.75) is 9.92 Å². The monoisotopic (exact) mass is 444 g/mol. The molecule has 0 amide bonds. The van der Waals surface area contributed by atoms with Gasteiger partial charge in [0, 0.05) is 10.5 Å². The van der Waals surface area contributed by atoms with E-state index in [1.54, 1.807) is 36.4 Å². The van der Waals surface area contributed by atoms with Gasteiger partial charge in [0.25, 0.3) is 0 Å². The van der Waals surface area contributed by atoms with Gasteiger partial charge in [0.15, 0.2) is 0 Å². The first-order valence-corrected chi connectivity index (χ1v) is 9.93. The Morgan fingerprint density at radius 2 is 1.56 bits per heavy atom. The van der Waals surface area contributed by atoms with Gasteiger partial charge in [-0.05, 0) is 35.9 Å². The van der Waals surface area contributed by atoms with Crippen LogP contribution in [0.2, 0.25) is 0 Å². The molecule has 32 heavy (non-hydrogen) atoms. The van der Waals surface area contributed by atoms with E-state index in [0.717, 1.165) is 11.8 Å². The van der Waals surface area contributed by atoms with Gasteiger partial charge in [0.05, 0.1) is 30.9 Å². The molecule has 0 spiro atoms. The minimum Gasteiger partial charge on any atom is -0.465 e. The second-order valence-corrected chi connectivity index (χ2v) is 7.40. The van der Waals surface area contributed by atoms with Crippen molar-refractivity contribution in [1.82, 2.24) is 4.98 Å². The molecule has 2 N–H and O–H groups in total. The fourth-order valence-electron chi connectivity index (χ4n) is 2.97. The number of nitrogen functional groups attached to an aromatic ring is 1.